The van der Waals surface area contributed by atoms with E-state index in [4.69, 9.17) is 9.68 Å². The number of benzene rings is 1. The molecule has 1 aromatic carbocycles. The predicted octanol–water partition coefficient (Wildman–Crippen LogP) is 2.32. The summed E-state index contributed by atoms with van der Waals surface area (Å²) in [5.74, 6) is -0.147. The van der Waals surface area contributed by atoms with E-state index in [1.54, 1.807) is 29.2 Å². The first kappa shape index (κ1) is 16.8. The summed E-state index contributed by atoms with van der Waals surface area (Å²) in [5, 5.41) is 11.8. The van der Waals surface area contributed by atoms with Crippen LogP contribution in [0.3, 0.4) is 0 Å². The van der Waals surface area contributed by atoms with Crippen LogP contribution in [0.4, 0.5) is 0 Å². The molecule has 2 heterocycles. The van der Waals surface area contributed by atoms with E-state index in [-0.39, 0.29) is 17.7 Å². The Kier molecular flexibility index (Phi) is 5.14. The normalized spacial score (nSPS) is 14.8. The second-order valence-corrected chi connectivity index (χ2v) is 6.11. The van der Waals surface area contributed by atoms with Crippen molar-refractivity contribution in [1.82, 2.24) is 10.2 Å². The van der Waals surface area contributed by atoms with Crippen molar-refractivity contribution in [3.05, 3.63) is 59.5 Å². The smallest absolute Gasteiger partial charge is 0.257 e. The second kappa shape index (κ2) is 7.67. The van der Waals surface area contributed by atoms with Crippen molar-refractivity contribution in [2.45, 2.75) is 19.4 Å². The van der Waals surface area contributed by atoms with Crippen LogP contribution in [0.15, 0.2) is 47.3 Å². The average Bonchev–Trinajstić information content (AvgIpc) is 3.20. The van der Waals surface area contributed by atoms with E-state index in [1.165, 1.54) is 12.5 Å². The summed E-state index contributed by atoms with van der Waals surface area (Å²) < 4.78 is 4.94. The van der Waals surface area contributed by atoms with Crippen LogP contribution in [0, 0.1) is 17.2 Å². The molecule has 1 aliphatic heterocycles. The molecule has 0 bridgehead atoms. The first-order valence-electron chi connectivity index (χ1n) is 8.25. The van der Waals surface area contributed by atoms with Crippen LogP contribution in [0.5, 0.6) is 0 Å². The highest BCUT2D eigenvalue weighted by atomic mass is 16.3. The lowest BCUT2D eigenvalue weighted by molar-refractivity contribution is -0.126. The zero-order chi connectivity index (χ0) is 17.6. The minimum atomic E-state index is -0.0902. The molecule has 0 atom stereocenters. The van der Waals surface area contributed by atoms with Gasteiger partial charge in [-0.3, -0.25) is 9.59 Å². The number of carbonyl (C=O) groups is 2. The van der Waals surface area contributed by atoms with Crippen LogP contribution >= 0.6 is 0 Å². The molecule has 1 N–H and O–H groups in total. The Hall–Kier alpha value is -3.07. The molecule has 1 saturated heterocycles. The zero-order valence-electron chi connectivity index (χ0n) is 13.8. The van der Waals surface area contributed by atoms with Crippen molar-refractivity contribution >= 4 is 11.8 Å². The SMILES string of the molecule is N#Cc1cccc(CNC(=O)C2CCN(C(=O)c3ccoc3)CC2)c1. The average molecular weight is 337 g/mol. The number of nitrogens with one attached hydrogen (secondary N) is 1. The molecule has 0 saturated carbocycles. The fraction of sp³-hybridized carbons (Fsp3) is 0.316. The van der Waals surface area contributed by atoms with Gasteiger partial charge in [0.25, 0.3) is 5.91 Å². The summed E-state index contributed by atoms with van der Waals surface area (Å²) in [6, 6.07) is 10.9. The topological polar surface area (TPSA) is 86.3 Å². The number of furan rings is 1. The van der Waals surface area contributed by atoms with Gasteiger partial charge in [-0.1, -0.05) is 12.1 Å². The Morgan fingerprint density at radius 1 is 1.28 bits per heavy atom. The van der Waals surface area contributed by atoms with Gasteiger partial charge >= 0.3 is 0 Å². The Balaban J connectivity index is 1.48. The lowest BCUT2D eigenvalue weighted by Gasteiger charge is -2.31. The van der Waals surface area contributed by atoms with Crippen molar-refractivity contribution in [2.24, 2.45) is 5.92 Å². The van der Waals surface area contributed by atoms with Crippen molar-refractivity contribution in [2.75, 3.05) is 13.1 Å². The molecule has 0 aliphatic carbocycles. The predicted molar refractivity (Wildman–Crippen MR) is 90.3 cm³/mol. The molecule has 6 nitrogen and oxygen atoms in total. The quantitative estimate of drug-likeness (QED) is 0.927. The van der Waals surface area contributed by atoms with Gasteiger partial charge in [-0.25, -0.2) is 0 Å². The van der Waals surface area contributed by atoms with Gasteiger partial charge in [0.1, 0.15) is 6.26 Å². The van der Waals surface area contributed by atoms with E-state index in [0.717, 1.165) is 5.56 Å². The highest BCUT2D eigenvalue weighted by Crippen LogP contribution is 2.19. The van der Waals surface area contributed by atoms with Gasteiger partial charge < -0.3 is 14.6 Å². The van der Waals surface area contributed by atoms with Crippen LogP contribution in [0.2, 0.25) is 0 Å². The largest absolute Gasteiger partial charge is 0.472 e. The third kappa shape index (κ3) is 4.07. The standard InChI is InChI=1S/C19H19N3O3/c20-11-14-2-1-3-15(10-14)12-21-18(23)16-4-7-22(8-5-16)19(24)17-6-9-25-13-17/h1-3,6,9-10,13,16H,4-5,7-8,12H2,(H,21,23). The minimum absolute atomic E-state index is 0.00206. The van der Waals surface area contributed by atoms with Crippen LogP contribution in [-0.4, -0.2) is 29.8 Å². The Morgan fingerprint density at radius 2 is 2.08 bits per heavy atom. The number of hydrogen-bond donors (Lipinski definition) is 1. The van der Waals surface area contributed by atoms with Gasteiger partial charge in [0.2, 0.25) is 5.91 Å². The highest BCUT2D eigenvalue weighted by Gasteiger charge is 2.27. The number of nitrogens with zero attached hydrogens (tertiary/aromatic N) is 2. The first-order valence-corrected chi connectivity index (χ1v) is 8.25. The fourth-order valence-electron chi connectivity index (χ4n) is 3.00. The molecule has 6 heteroatoms. The van der Waals surface area contributed by atoms with E-state index in [0.29, 0.717) is 43.6 Å². The van der Waals surface area contributed by atoms with Gasteiger partial charge in [-0.15, -0.1) is 0 Å². The molecule has 1 aromatic heterocycles. The molecule has 0 radical (unpaired) electrons. The van der Waals surface area contributed by atoms with Gasteiger partial charge in [0, 0.05) is 25.6 Å². The minimum Gasteiger partial charge on any atom is -0.472 e. The third-order valence-electron chi connectivity index (χ3n) is 4.44. The van der Waals surface area contributed by atoms with E-state index in [1.807, 2.05) is 6.07 Å². The molecule has 3 rings (SSSR count). The number of carbonyl (C=O) groups excluding carboxylic acids is 2. The third-order valence-corrected chi connectivity index (χ3v) is 4.44. The fourth-order valence-corrected chi connectivity index (χ4v) is 3.00. The Bertz CT molecular complexity index is 784. The number of piperidine rings is 1. The van der Waals surface area contributed by atoms with Crippen LogP contribution in [0.1, 0.15) is 34.3 Å². The maximum absolute atomic E-state index is 12.3. The number of hydrogen-bond acceptors (Lipinski definition) is 4. The molecule has 128 valence electrons. The zero-order valence-corrected chi connectivity index (χ0v) is 13.8. The summed E-state index contributed by atoms with van der Waals surface area (Å²) in [5.41, 5.74) is 2.03. The second-order valence-electron chi connectivity index (χ2n) is 6.11. The number of nitriles is 1. The lowest BCUT2D eigenvalue weighted by atomic mass is 9.95. The van der Waals surface area contributed by atoms with E-state index in [2.05, 4.69) is 11.4 Å². The summed E-state index contributed by atoms with van der Waals surface area (Å²) in [7, 11) is 0. The van der Waals surface area contributed by atoms with Crippen molar-refractivity contribution in [3.63, 3.8) is 0 Å². The van der Waals surface area contributed by atoms with Gasteiger partial charge in [0.05, 0.1) is 23.5 Å². The Morgan fingerprint density at radius 3 is 2.76 bits per heavy atom. The maximum atomic E-state index is 12.3. The van der Waals surface area contributed by atoms with Crippen LogP contribution < -0.4 is 5.32 Å². The lowest BCUT2D eigenvalue weighted by Crippen LogP contribution is -2.42. The molecule has 0 unspecified atom stereocenters. The molecule has 0 spiro atoms. The monoisotopic (exact) mass is 337 g/mol. The summed E-state index contributed by atoms with van der Waals surface area (Å²) >= 11 is 0. The summed E-state index contributed by atoms with van der Waals surface area (Å²) in [4.78, 5) is 26.3. The van der Waals surface area contributed by atoms with Gasteiger partial charge in [-0.2, -0.15) is 5.26 Å². The summed E-state index contributed by atoms with van der Waals surface area (Å²) in [6.07, 6.45) is 4.21. The molecule has 2 amide bonds. The molecule has 1 aliphatic rings. The Labute approximate surface area is 146 Å². The van der Waals surface area contributed by atoms with Crippen LogP contribution in [0.25, 0.3) is 0 Å². The van der Waals surface area contributed by atoms with Crippen molar-refractivity contribution < 1.29 is 14.0 Å². The van der Waals surface area contributed by atoms with Crippen LogP contribution in [-0.2, 0) is 11.3 Å². The molecule has 2 aromatic rings. The summed E-state index contributed by atoms with van der Waals surface area (Å²) in [6.45, 7) is 1.53. The van der Waals surface area contributed by atoms with Gasteiger partial charge in [0.15, 0.2) is 0 Å². The number of amides is 2. The molecular weight excluding hydrogens is 318 g/mol. The van der Waals surface area contributed by atoms with E-state index in [9.17, 15) is 9.59 Å². The van der Waals surface area contributed by atoms with Gasteiger partial charge in [-0.05, 0) is 36.6 Å². The highest BCUT2D eigenvalue weighted by molar-refractivity contribution is 5.94. The number of rotatable bonds is 4. The maximum Gasteiger partial charge on any atom is 0.257 e. The van der Waals surface area contributed by atoms with E-state index < -0.39 is 0 Å². The molecular formula is C19H19N3O3. The van der Waals surface area contributed by atoms with Crippen molar-refractivity contribution in [1.29, 1.82) is 5.26 Å². The van der Waals surface area contributed by atoms with Crippen molar-refractivity contribution in [3.8, 4) is 6.07 Å². The molecule has 25 heavy (non-hydrogen) atoms. The number of likely N-dealkylation sites (tertiary alicyclic amines) is 1. The first-order chi connectivity index (χ1) is 12.2. The van der Waals surface area contributed by atoms with E-state index >= 15 is 0 Å². The molecule has 1 fully saturated rings.